The van der Waals surface area contributed by atoms with E-state index in [2.05, 4.69) is 36.2 Å². The second-order valence-corrected chi connectivity index (χ2v) is 13.8. The maximum Gasteiger partial charge on any atom is 0.322 e. The van der Waals surface area contributed by atoms with Crippen LogP contribution in [-0.4, -0.2) is 101 Å². The van der Waals surface area contributed by atoms with Gasteiger partial charge in [0, 0.05) is 70.6 Å². The SMILES string of the molecule is CC(C)CCN1C(=O)C(CC(=O)N2CCC(N3CCc4ccccc4NC3=O)CC2)SC1c1cccnc1N1CCOCC1.[HH]. The van der Waals surface area contributed by atoms with Crippen molar-refractivity contribution in [2.75, 3.05) is 62.7 Å². The van der Waals surface area contributed by atoms with Crippen molar-refractivity contribution in [3.8, 4) is 0 Å². The Bertz CT molecular complexity index is 1350. The number of thioether (sulfide) groups is 1. The van der Waals surface area contributed by atoms with Crippen LogP contribution in [-0.2, 0) is 20.7 Å². The molecule has 2 atom stereocenters. The number of nitrogens with one attached hydrogen (secondary N) is 1. The van der Waals surface area contributed by atoms with Crippen molar-refractivity contribution >= 4 is 41.1 Å². The summed E-state index contributed by atoms with van der Waals surface area (Å²) in [4.78, 5) is 53.3. The van der Waals surface area contributed by atoms with Gasteiger partial charge in [-0.05, 0) is 49.3 Å². The molecule has 44 heavy (non-hydrogen) atoms. The summed E-state index contributed by atoms with van der Waals surface area (Å²) >= 11 is 1.59. The largest absolute Gasteiger partial charge is 0.378 e. The quantitative estimate of drug-likeness (QED) is 0.459. The third kappa shape index (κ3) is 6.68. The van der Waals surface area contributed by atoms with Crippen LogP contribution in [0.5, 0.6) is 0 Å². The van der Waals surface area contributed by atoms with Crippen molar-refractivity contribution in [3.05, 3.63) is 53.7 Å². The fourth-order valence-electron chi connectivity index (χ4n) is 6.68. The number of pyridine rings is 1. The highest BCUT2D eigenvalue weighted by atomic mass is 32.2. The molecule has 3 fully saturated rings. The van der Waals surface area contributed by atoms with Gasteiger partial charge < -0.3 is 29.7 Å². The number of hydrogen-bond acceptors (Lipinski definition) is 7. The number of anilines is 2. The number of nitrogens with zero attached hydrogens (tertiary/aromatic N) is 5. The fourth-order valence-corrected chi connectivity index (χ4v) is 8.17. The number of para-hydroxylation sites is 1. The van der Waals surface area contributed by atoms with Crippen molar-refractivity contribution in [1.82, 2.24) is 19.7 Å². The summed E-state index contributed by atoms with van der Waals surface area (Å²) in [5, 5.41) is 2.46. The molecule has 238 valence electrons. The highest BCUT2D eigenvalue weighted by molar-refractivity contribution is 8.01. The molecule has 0 bridgehead atoms. The molecule has 1 N–H and O–H groups in total. The Morgan fingerprint density at radius 1 is 1.07 bits per heavy atom. The van der Waals surface area contributed by atoms with Crippen LogP contribution in [0.15, 0.2) is 42.6 Å². The first-order valence-corrected chi connectivity index (χ1v) is 17.0. The molecule has 0 saturated carbocycles. The molecule has 1 aromatic heterocycles. The zero-order valence-electron chi connectivity index (χ0n) is 25.8. The number of morpholine rings is 1. The molecule has 4 aliphatic heterocycles. The lowest BCUT2D eigenvalue weighted by molar-refractivity contribution is -0.136. The molecule has 10 nitrogen and oxygen atoms in total. The zero-order valence-corrected chi connectivity index (χ0v) is 26.6. The average Bonchev–Trinajstić information content (AvgIpc) is 3.24. The summed E-state index contributed by atoms with van der Waals surface area (Å²) in [5.74, 6) is 1.43. The van der Waals surface area contributed by atoms with Crippen molar-refractivity contribution < 1.29 is 20.5 Å². The number of piperidine rings is 1. The van der Waals surface area contributed by atoms with Crippen molar-refractivity contribution in [2.24, 2.45) is 5.92 Å². The van der Waals surface area contributed by atoms with Gasteiger partial charge in [0.15, 0.2) is 0 Å². The smallest absolute Gasteiger partial charge is 0.322 e. The first-order chi connectivity index (χ1) is 21.4. The van der Waals surface area contributed by atoms with Gasteiger partial charge in [0.05, 0.1) is 18.5 Å². The van der Waals surface area contributed by atoms with E-state index in [1.165, 1.54) is 0 Å². The Hall–Kier alpha value is -3.31. The van der Waals surface area contributed by atoms with Gasteiger partial charge in [-0.25, -0.2) is 9.78 Å². The minimum absolute atomic E-state index is 0. The number of carbonyl (C=O) groups is 3. The van der Waals surface area contributed by atoms with Gasteiger partial charge in [-0.2, -0.15) is 0 Å². The van der Waals surface area contributed by atoms with Crippen molar-refractivity contribution in [1.29, 1.82) is 0 Å². The van der Waals surface area contributed by atoms with E-state index >= 15 is 0 Å². The van der Waals surface area contributed by atoms with Crippen LogP contribution >= 0.6 is 11.8 Å². The van der Waals surface area contributed by atoms with Crippen LogP contribution in [0, 0.1) is 5.92 Å². The second kappa shape index (κ2) is 13.8. The number of aromatic nitrogens is 1. The molecule has 5 heterocycles. The zero-order chi connectivity index (χ0) is 30.6. The van der Waals surface area contributed by atoms with Gasteiger partial charge in [0.25, 0.3) is 0 Å². The summed E-state index contributed by atoms with van der Waals surface area (Å²) in [6.07, 6.45) is 5.20. The molecule has 0 radical (unpaired) electrons. The maximum atomic E-state index is 13.9. The van der Waals surface area contributed by atoms with Crippen molar-refractivity contribution in [2.45, 2.75) is 62.6 Å². The molecule has 11 heteroatoms. The monoisotopic (exact) mass is 622 g/mol. The van der Waals surface area contributed by atoms with E-state index in [4.69, 9.17) is 9.72 Å². The molecule has 0 aliphatic carbocycles. The summed E-state index contributed by atoms with van der Waals surface area (Å²) in [6.45, 7) is 9.71. The lowest BCUT2D eigenvalue weighted by Crippen LogP contribution is -2.50. The number of hydrogen-bond donors (Lipinski definition) is 1. The molecular weight excluding hydrogens is 576 g/mol. The van der Waals surface area contributed by atoms with Gasteiger partial charge in [-0.15, -0.1) is 11.8 Å². The average molecular weight is 623 g/mol. The van der Waals surface area contributed by atoms with Crippen LogP contribution in [0.4, 0.5) is 16.3 Å². The molecule has 3 saturated heterocycles. The van der Waals surface area contributed by atoms with E-state index in [0.29, 0.717) is 45.3 Å². The lowest BCUT2D eigenvalue weighted by atomic mass is 10.0. The molecule has 4 amide bonds. The molecular formula is C33H46N6O4S. The number of carbonyl (C=O) groups excluding carboxylic acids is 3. The van der Waals surface area contributed by atoms with Gasteiger partial charge >= 0.3 is 6.03 Å². The Labute approximate surface area is 266 Å². The second-order valence-electron chi connectivity index (χ2n) is 12.6. The Morgan fingerprint density at radius 2 is 1.84 bits per heavy atom. The van der Waals surface area contributed by atoms with E-state index in [1.807, 2.05) is 45.2 Å². The topological polar surface area (TPSA) is 98.3 Å². The van der Waals surface area contributed by atoms with Gasteiger partial charge in [0.1, 0.15) is 11.2 Å². The third-order valence-corrected chi connectivity index (χ3v) is 10.7. The van der Waals surface area contributed by atoms with Crippen LogP contribution in [0.2, 0.25) is 0 Å². The van der Waals surface area contributed by atoms with Crippen LogP contribution in [0.1, 0.15) is 57.5 Å². The van der Waals surface area contributed by atoms with Crippen molar-refractivity contribution in [3.63, 3.8) is 0 Å². The van der Waals surface area contributed by atoms with Gasteiger partial charge in [-0.3, -0.25) is 9.59 Å². The number of ether oxygens (including phenoxy) is 1. The fraction of sp³-hybridized carbons (Fsp3) is 0.576. The third-order valence-electron chi connectivity index (χ3n) is 9.24. The maximum absolute atomic E-state index is 13.9. The number of rotatable bonds is 8. The Balaban J connectivity index is 0.00000400. The molecule has 0 spiro atoms. The number of urea groups is 1. The summed E-state index contributed by atoms with van der Waals surface area (Å²) in [7, 11) is 0. The highest BCUT2D eigenvalue weighted by Crippen LogP contribution is 2.47. The minimum atomic E-state index is -0.426. The predicted molar refractivity (Wildman–Crippen MR) is 175 cm³/mol. The first-order valence-electron chi connectivity index (χ1n) is 16.1. The van der Waals surface area contributed by atoms with Gasteiger partial charge in [-0.1, -0.05) is 38.1 Å². The predicted octanol–water partition coefficient (Wildman–Crippen LogP) is 4.62. The summed E-state index contributed by atoms with van der Waals surface area (Å²) in [6, 6.07) is 12.0. The molecule has 2 aromatic rings. The van der Waals surface area contributed by atoms with Crippen LogP contribution in [0.3, 0.4) is 0 Å². The van der Waals surface area contributed by atoms with Crippen LogP contribution in [0.25, 0.3) is 0 Å². The number of benzene rings is 1. The van der Waals surface area contributed by atoms with Crippen LogP contribution < -0.4 is 10.2 Å². The number of fused-ring (bicyclic) bond motifs is 1. The Kier molecular flexibility index (Phi) is 9.61. The lowest BCUT2D eigenvalue weighted by Gasteiger charge is -2.38. The Morgan fingerprint density at radius 3 is 2.61 bits per heavy atom. The number of likely N-dealkylation sites (tertiary alicyclic amines) is 1. The van der Waals surface area contributed by atoms with E-state index < -0.39 is 5.25 Å². The van der Waals surface area contributed by atoms with E-state index in [9.17, 15) is 14.4 Å². The number of amides is 4. The van der Waals surface area contributed by atoms with E-state index in [-0.39, 0.29) is 37.1 Å². The standard InChI is InChI=1S/C33H44N6O4S.H2/c1-23(2)9-16-39-31(41)28(44-32(39)26-7-5-13-34-30(26)37-18-20-43-21-19-37)22-29(40)36-14-11-25(12-15-36)38-17-10-24-6-3-4-8-27(24)35-33(38)42;/h3-8,13,23,25,28,32H,9-12,14-22H2,1-2H3,(H,35,42);1H. The molecule has 6 rings (SSSR count). The molecule has 4 aliphatic rings. The van der Waals surface area contributed by atoms with Gasteiger partial charge in [0.2, 0.25) is 11.8 Å². The van der Waals surface area contributed by atoms with E-state index in [1.54, 1.807) is 11.8 Å². The summed E-state index contributed by atoms with van der Waals surface area (Å²) in [5.41, 5.74) is 3.07. The summed E-state index contributed by atoms with van der Waals surface area (Å²) < 4.78 is 5.57. The highest BCUT2D eigenvalue weighted by Gasteiger charge is 2.44. The normalized spacial score (nSPS) is 23.2. The van der Waals surface area contributed by atoms with E-state index in [0.717, 1.165) is 61.4 Å². The minimum Gasteiger partial charge on any atom is -0.378 e. The molecule has 2 unspecified atom stereocenters. The first kappa shape index (κ1) is 30.7. The molecule has 1 aromatic carbocycles.